The number of ether oxygens (including phenoxy) is 5. The standard InChI is InChI=1S/C30H33N3O7.C25H24N2O6/c1-7-17-18-11-16(3)9-10-22(18)32-25-19(17)14-33-23(25)12-21-20(26(33)35)15-38-27(36)30(21,8-2)39-24(34)13-31-28(37)40-29(4,5)6;1-4-14-15-9-13(28)7-8-19(15)26-22-16(14)11-27-20(22)10-18-17(23(27)30)12-32-24(31)25(18,6-3)33-21(29)5-2/h9-12H,7-8,13-15H2,1-6H3,(H,31,37);7-10,28H,4-6,11-12H2,1-3H3/t30-;25-/m00/s1. The highest BCUT2D eigenvalue weighted by atomic mass is 16.6. The predicted molar refractivity (Wildman–Crippen MR) is 266 cm³/mol. The Morgan fingerprint density at radius 3 is 1.63 bits per heavy atom. The van der Waals surface area contributed by atoms with E-state index < -0.39 is 53.3 Å². The van der Waals surface area contributed by atoms with E-state index in [0.717, 1.165) is 50.5 Å². The van der Waals surface area contributed by atoms with Gasteiger partial charge in [-0.2, -0.15) is 0 Å². The molecule has 2 atom stereocenters. The summed E-state index contributed by atoms with van der Waals surface area (Å²) in [6.45, 7) is 16.0. The number of nitrogens with zero attached hydrogens (tertiary/aromatic N) is 4. The fraction of sp³-hybridized carbons (Fsp3) is 0.400. The lowest BCUT2D eigenvalue weighted by Crippen LogP contribution is -2.49. The van der Waals surface area contributed by atoms with Gasteiger partial charge >= 0.3 is 30.0 Å². The van der Waals surface area contributed by atoms with E-state index in [1.807, 2.05) is 26.0 Å². The zero-order chi connectivity index (χ0) is 52.5. The van der Waals surface area contributed by atoms with E-state index in [2.05, 4.69) is 18.3 Å². The lowest BCUT2D eigenvalue weighted by atomic mass is 9.85. The molecule has 4 aromatic heterocycles. The number of carbonyl (C=O) groups excluding carboxylic acids is 5. The second-order valence-corrected chi connectivity index (χ2v) is 19.6. The number of hydrogen-bond donors (Lipinski definition) is 2. The maximum atomic E-state index is 13.8. The van der Waals surface area contributed by atoms with Crippen molar-refractivity contribution in [2.45, 2.75) is 138 Å². The summed E-state index contributed by atoms with van der Waals surface area (Å²) in [7, 11) is 0. The Morgan fingerprint density at radius 1 is 0.685 bits per heavy atom. The molecule has 18 nitrogen and oxygen atoms in total. The molecular weight excluding hydrogens is 939 g/mol. The lowest BCUT2D eigenvalue weighted by Gasteiger charge is -2.35. The molecule has 4 aliphatic rings. The minimum absolute atomic E-state index is 0.0252. The molecule has 2 N–H and O–H groups in total. The topological polar surface area (TPSA) is 234 Å². The molecule has 4 aliphatic heterocycles. The Hall–Kier alpha value is -7.89. The number of alkyl carbamates (subject to hydrolysis) is 1. The lowest BCUT2D eigenvalue weighted by molar-refractivity contribution is -0.189. The van der Waals surface area contributed by atoms with E-state index in [9.17, 15) is 38.7 Å². The number of carbonyl (C=O) groups is 5. The third kappa shape index (κ3) is 8.35. The van der Waals surface area contributed by atoms with Crippen LogP contribution in [-0.2, 0) is 93.2 Å². The van der Waals surface area contributed by atoms with Gasteiger partial charge in [0, 0.05) is 39.4 Å². The van der Waals surface area contributed by atoms with Crippen molar-refractivity contribution in [1.82, 2.24) is 24.4 Å². The number of pyridine rings is 4. The molecule has 1 amide bonds. The minimum atomic E-state index is -1.85. The number of phenolic OH excluding ortho intramolecular Hbond substituents is 1. The van der Waals surface area contributed by atoms with E-state index in [-0.39, 0.29) is 60.5 Å². The second-order valence-electron chi connectivity index (χ2n) is 19.6. The van der Waals surface area contributed by atoms with Crippen molar-refractivity contribution in [2.24, 2.45) is 0 Å². The summed E-state index contributed by atoms with van der Waals surface area (Å²) in [5.74, 6) is -2.70. The van der Waals surface area contributed by atoms with Crippen LogP contribution in [0.3, 0.4) is 0 Å². The molecule has 0 saturated heterocycles. The molecule has 0 bridgehead atoms. The monoisotopic (exact) mass is 995 g/mol. The number of nitrogens with one attached hydrogen (secondary N) is 1. The van der Waals surface area contributed by atoms with Gasteiger partial charge in [0.05, 0.1) is 58.0 Å². The molecule has 73 heavy (non-hydrogen) atoms. The second kappa shape index (κ2) is 18.6. The third-order valence-corrected chi connectivity index (χ3v) is 14.0. The fourth-order valence-corrected chi connectivity index (χ4v) is 10.5. The summed E-state index contributed by atoms with van der Waals surface area (Å²) < 4.78 is 30.5. The number of cyclic esters (lactones) is 2. The highest BCUT2D eigenvalue weighted by Crippen LogP contribution is 2.44. The normalized spacial score (nSPS) is 17.9. The number of fused-ring (bicyclic) bond motifs is 10. The SMILES string of the molecule is CCC(=O)O[C@]1(CC)C(=O)OCc2c1cc1n(c2=O)Cc2c-1nc1ccc(O)cc1c2CC.CCc1c2c(nc3ccc(C)cc13)-c1cc3c(c(=O)n1C2)COC(=O)[C@@]3(CC)OC(=O)CNC(=O)OC(C)(C)C. The quantitative estimate of drug-likeness (QED) is 0.106. The van der Waals surface area contributed by atoms with E-state index >= 15 is 0 Å². The molecule has 0 aliphatic carbocycles. The number of aryl methyl sites for hydroxylation is 3. The largest absolute Gasteiger partial charge is 0.508 e. The summed E-state index contributed by atoms with van der Waals surface area (Å²) in [6.07, 6.45) is 0.923. The molecule has 380 valence electrons. The minimum Gasteiger partial charge on any atom is -0.508 e. The van der Waals surface area contributed by atoms with Crippen LogP contribution in [-0.4, -0.2) is 66.3 Å². The van der Waals surface area contributed by atoms with Crippen molar-refractivity contribution in [3.63, 3.8) is 0 Å². The number of hydrogen-bond acceptors (Lipinski definition) is 15. The first-order valence-corrected chi connectivity index (χ1v) is 24.6. The van der Waals surface area contributed by atoms with Crippen LogP contribution in [0.1, 0.15) is 125 Å². The van der Waals surface area contributed by atoms with Crippen molar-refractivity contribution in [3.8, 4) is 28.5 Å². The molecule has 18 heteroatoms. The van der Waals surface area contributed by atoms with Gasteiger partial charge < -0.3 is 43.2 Å². The Balaban J connectivity index is 0.000000183. The average Bonchev–Trinajstić information content (AvgIpc) is 3.91. The Bertz CT molecular complexity index is 3500. The number of aromatic hydroxyl groups is 1. The van der Waals surface area contributed by atoms with Crippen molar-refractivity contribution < 1.29 is 52.8 Å². The summed E-state index contributed by atoms with van der Waals surface area (Å²) in [4.78, 5) is 100. The Kier molecular flexibility index (Phi) is 12.8. The molecule has 10 rings (SSSR count). The van der Waals surface area contributed by atoms with Crippen LogP contribution < -0.4 is 16.4 Å². The summed E-state index contributed by atoms with van der Waals surface area (Å²) in [5.41, 5.74) is 5.51. The van der Waals surface area contributed by atoms with Crippen LogP contribution in [0.4, 0.5) is 4.79 Å². The van der Waals surface area contributed by atoms with E-state index in [4.69, 9.17) is 33.7 Å². The summed E-state index contributed by atoms with van der Waals surface area (Å²) in [6, 6.07) is 14.6. The van der Waals surface area contributed by atoms with Gasteiger partial charge in [-0.25, -0.2) is 24.4 Å². The molecule has 0 saturated carbocycles. The molecule has 8 heterocycles. The summed E-state index contributed by atoms with van der Waals surface area (Å²) >= 11 is 0. The first kappa shape index (κ1) is 50.1. The van der Waals surface area contributed by atoms with Crippen molar-refractivity contribution in [2.75, 3.05) is 6.54 Å². The van der Waals surface area contributed by atoms with Gasteiger partial charge in [0.1, 0.15) is 31.1 Å². The van der Waals surface area contributed by atoms with Crippen molar-refractivity contribution >= 4 is 51.8 Å². The smallest absolute Gasteiger partial charge is 0.408 e. The third-order valence-electron chi connectivity index (χ3n) is 14.0. The fourth-order valence-electron chi connectivity index (χ4n) is 10.5. The van der Waals surface area contributed by atoms with Crippen LogP contribution >= 0.6 is 0 Å². The van der Waals surface area contributed by atoms with Gasteiger partial charge in [-0.3, -0.25) is 19.2 Å². The van der Waals surface area contributed by atoms with Gasteiger partial charge in [0.2, 0.25) is 11.2 Å². The molecule has 6 aromatic rings. The Morgan fingerprint density at radius 2 is 1.16 bits per heavy atom. The maximum absolute atomic E-state index is 13.8. The highest BCUT2D eigenvalue weighted by Gasteiger charge is 2.52. The average molecular weight is 996 g/mol. The van der Waals surface area contributed by atoms with Crippen LogP contribution in [0.25, 0.3) is 44.6 Å². The maximum Gasteiger partial charge on any atom is 0.408 e. The van der Waals surface area contributed by atoms with Crippen molar-refractivity contribution in [3.05, 3.63) is 119 Å². The van der Waals surface area contributed by atoms with Gasteiger partial charge in [-0.15, -0.1) is 0 Å². The van der Waals surface area contributed by atoms with Crippen LogP contribution in [0, 0.1) is 6.92 Å². The van der Waals surface area contributed by atoms with Gasteiger partial charge in [-0.1, -0.05) is 46.2 Å². The Labute approximate surface area is 419 Å². The number of benzene rings is 2. The van der Waals surface area contributed by atoms with Crippen molar-refractivity contribution in [1.29, 1.82) is 0 Å². The molecule has 0 unspecified atom stereocenters. The summed E-state index contributed by atoms with van der Waals surface area (Å²) in [5, 5.41) is 14.2. The number of esters is 4. The first-order chi connectivity index (χ1) is 34.7. The highest BCUT2D eigenvalue weighted by molar-refractivity contribution is 5.92. The molecule has 0 radical (unpaired) electrons. The first-order valence-electron chi connectivity index (χ1n) is 24.6. The number of amides is 1. The van der Waals surface area contributed by atoms with Crippen LogP contribution in [0.15, 0.2) is 58.1 Å². The zero-order valence-corrected chi connectivity index (χ0v) is 42.3. The number of phenols is 1. The molecular formula is C55H57N5O13. The number of aromatic nitrogens is 4. The molecule has 0 fully saturated rings. The number of rotatable bonds is 9. The van der Waals surface area contributed by atoms with E-state index in [1.54, 1.807) is 81.0 Å². The zero-order valence-electron chi connectivity index (χ0n) is 42.3. The predicted octanol–water partition coefficient (Wildman–Crippen LogP) is 7.33. The van der Waals surface area contributed by atoms with Gasteiger partial charge in [0.15, 0.2) is 0 Å². The van der Waals surface area contributed by atoms with Crippen LogP contribution in [0.2, 0.25) is 0 Å². The van der Waals surface area contributed by atoms with Gasteiger partial charge in [0.25, 0.3) is 11.1 Å². The van der Waals surface area contributed by atoms with E-state index in [0.29, 0.717) is 58.9 Å². The van der Waals surface area contributed by atoms with E-state index in [1.165, 1.54) is 0 Å². The molecule has 2 aromatic carbocycles. The molecule has 0 spiro atoms. The van der Waals surface area contributed by atoms with Gasteiger partial charge in [-0.05, 0) is 107 Å². The van der Waals surface area contributed by atoms with Crippen LogP contribution in [0.5, 0.6) is 5.75 Å².